The minimum absolute atomic E-state index is 0.608. The number of halogens is 1. The third-order valence-corrected chi connectivity index (χ3v) is 4.55. The summed E-state index contributed by atoms with van der Waals surface area (Å²) in [7, 11) is 0. The van der Waals surface area contributed by atoms with Crippen LogP contribution >= 0.6 is 11.6 Å². The first-order chi connectivity index (χ1) is 10.2. The predicted molar refractivity (Wildman–Crippen MR) is 88.8 cm³/mol. The number of likely N-dealkylation sites (tertiary alicyclic amines) is 1. The molecule has 1 aliphatic heterocycles. The van der Waals surface area contributed by atoms with E-state index in [9.17, 15) is 0 Å². The topological polar surface area (TPSA) is 44.0 Å². The van der Waals surface area contributed by atoms with Crippen LogP contribution in [-0.4, -0.2) is 40.5 Å². The van der Waals surface area contributed by atoms with Gasteiger partial charge in [-0.25, -0.2) is 4.98 Å². The van der Waals surface area contributed by atoms with Crippen molar-refractivity contribution >= 4 is 11.6 Å². The summed E-state index contributed by atoms with van der Waals surface area (Å²) in [6.45, 7) is 8.91. The van der Waals surface area contributed by atoms with Crippen molar-refractivity contribution in [2.24, 2.45) is 0 Å². The van der Waals surface area contributed by atoms with Gasteiger partial charge in [0.2, 0.25) is 0 Å². The number of H-pyrrole nitrogens is 1. The van der Waals surface area contributed by atoms with Crippen LogP contribution in [0.3, 0.4) is 0 Å². The van der Waals surface area contributed by atoms with Crippen molar-refractivity contribution < 1.29 is 0 Å². The van der Waals surface area contributed by atoms with Gasteiger partial charge in [-0.15, -0.1) is 0 Å². The van der Waals surface area contributed by atoms with Gasteiger partial charge in [0.1, 0.15) is 5.82 Å². The summed E-state index contributed by atoms with van der Waals surface area (Å²) in [5.41, 5.74) is 1.04. The van der Waals surface area contributed by atoms with Gasteiger partial charge in [0, 0.05) is 19.0 Å². The molecule has 0 amide bonds. The van der Waals surface area contributed by atoms with Gasteiger partial charge in [-0.2, -0.15) is 0 Å². The van der Waals surface area contributed by atoms with Gasteiger partial charge in [0.25, 0.3) is 0 Å². The van der Waals surface area contributed by atoms with E-state index in [-0.39, 0.29) is 0 Å². The molecule has 2 N–H and O–H groups in total. The van der Waals surface area contributed by atoms with Gasteiger partial charge in [-0.05, 0) is 45.3 Å². The quantitative estimate of drug-likeness (QED) is 0.773. The molecule has 5 heteroatoms. The van der Waals surface area contributed by atoms with Gasteiger partial charge < -0.3 is 15.2 Å². The van der Waals surface area contributed by atoms with Gasteiger partial charge >= 0.3 is 0 Å². The molecule has 4 nitrogen and oxygen atoms in total. The van der Waals surface area contributed by atoms with Gasteiger partial charge in [-0.3, -0.25) is 0 Å². The second kappa shape index (κ2) is 8.76. The minimum atomic E-state index is 0.608. The summed E-state index contributed by atoms with van der Waals surface area (Å²) in [6.07, 6.45) is 7.05. The standard InChI is InChI=1S/C16H29ClN4/c1-3-5-6-15-19-14(16(17)20-15)12-18-13-7-10-21(9-4-2)11-8-13/h13,18H,3-12H2,1-2H3,(H,19,20). The maximum absolute atomic E-state index is 6.22. The summed E-state index contributed by atoms with van der Waals surface area (Å²) in [6, 6.07) is 0.608. The first-order valence-electron chi connectivity index (χ1n) is 8.41. The van der Waals surface area contributed by atoms with E-state index in [0.717, 1.165) is 30.9 Å². The van der Waals surface area contributed by atoms with E-state index in [0.29, 0.717) is 11.2 Å². The van der Waals surface area contributed by atoms with E-state index in [2.05, 4.69) is 34.0 Å². The fourth-order valence-corrected chi connectivity index (χ4v) is 3.16. The number of nitrogens with zero attached hydrogens (tertiary/aromatic N) is 2. The molecule has 1 aliphatic rings. The van der Waals surface area contributed by atoms with Crippen LogP contribution in [0.2, 0.25) is 5.15 Å². The van der Waals surface area contributed by atoms with Crippen molar-refractivity contribution in [3.8, 4) is 0 Å². The third-order valence-electron chi connectivity index (χ3n) is 4.24. The summed E-state index contributed by atoms with van der Waals surface area (Å²) in [4.78, 5) is 10.3. The average molecular weight is 313 g/mol. The van der Waals surface area contributed by atoms with Gasteiger partial charge in [0.15, 0.2) is 5.15 Å². The number of aromatic amines is 1. The average Bonchev–Trinajstić information content (AvgIpc) is 2.85. The van der Waals surface area contributed by atoms with Gasteiger partial charge in [-0.1, -0.05) is 31.9 Å². The summed E-state index contributed by atoms with van der Waals surface area (Å²) < 4.78 is 0. The molecule has 1 aromatic rings. The SMILES string of the molecule is CCCCc1nc(Cl)c(CNC2CCN(CCC)CC2)[nH]1. The summed E-state index contributed by atoms with van der Waals surface area (Å²) >= 11 is 6.22. The lowest BCUT2D eigenvalue weighted by atomic mass is 10.0. The van der Waals surface area contributed by atoms with E-state index >= 15 is 0 Å². The zero-order chi connectivity index (χ0) is 15.1. The number of rotatable bonds is 8. The highest BCUT2D eigenvalue weighted by Gasteiger charge is 2.18. The molecule has 0 radical (unpaired) electrons. The molecule has 0 aromatic carbocycles. The van der Waals surface area contributed by atoms with E-state index < -0.39 is 0 Å². The predicted octanol–water partition coefficient (Wildman–Crippen LogP) is 3.37. The fourth-order valence-electron chi connectivity index (χ4n) is 2.94. The summed E-state index contributed by atoms with van der Waals surface area (Å²) in [5, 5.41) is 4.26. The Bertz CT molecular complexity index is 410. The fraction of sp³-hybridized carbons (Fsp3) is 0.812. The number of piperidine rings is 1. The molecule has 0 saturated carbocycles. The number of aryl methyl sites for hydroxylation is 1. The van der Waals surface area contributed by atoms with Crippen molar-refractivity contribution in [1.82, 2.24) is 20.2 Å². The van der Waals surface area contributed by atoms with Crippen LogP contribution in [0.15, 0.2) is 0 Å². The molecule has 1 fully saturated rings. The lowest BCUT2D eigenvalue weighted by molar-refractivity contribution is 0.197. The third kappa shape index (κ3) is 5.28. The number of hydrogen-bond acceptors (Lipinski definition) is 3. The Morgan fingerprint density at radius 2 is 2.05 bits per heavy atom. The maximum atomic E-state index is 6.22. The number of hydrogen-bond donors (Lipinski definition) is 2. The molecule has 21 heavy (non-hydrogen) atoms. The van der Waals surface area contributed by atoms with Crippen LogP contribution in [0, 0.1) is 0 Å². The molecule has 0 unspecified atom stereocenters. The Morgan fingerprint density at radius 3 is 2.71 bits per heavy atom. The molecule has 120 valence electrons. The molecular weight excluding hydrogens is 284 g/mol. The number of unbranched alkanes of at least 4 members (excludes halogenated alkanes) is 1. The van der Waals surface area contributed by atoms with Crippen LogP contribution in [0.25, 0.3) is 0 Å². The molecule has 0 spiro atoms. The molecule has 2 rings (SSSR count). The lowest BCUT2D eigenvalue weighted by Gasteiger charge is -2.32. The molecule has 0 aliphatic carbocycles. The number of nitrogens with one attached hydrogen (secondary N) is 2. The Balaban J connectivity index is 1.74. The second-order valence-corrected chi connectivity index (χ2v) is 6.41. The van der Waals surface area contributed by atoms with Crippen molar-refractivity contribution in [3.05, 3.63) is 16.7 Å². The largest absolute Gasteiger partial charge is 0.344 e. The normalized spacial score (nSPS) is 17.5. The second-order valence-electron chi connectivity index (χ2n) is 6.05. The van der Waals surface area contributed by atoms with Crippen LogP contribution < -0.4 is 5.32 Å². The molecule has 1 saturated heterocycles. The van der Waals surface area contributed by atoms with Crippen LogP contribution in [0.4, 0.5) is 0 Å². The molecular formula is C16H29ClN4. The van der Waals surface area contributed by atoms with Gasteiger partial charge in [0.05, 0.1) is 5.69 Å². The monoisotopic (exact) mass is 312 g/mol. The van der Waals surface area contributed by atoms with Crippen LogP contribution in [0.5, 0.6) is 0 Å². The maximum Gasteiger partial charge on any atom is 0.151 e. The zero-order valence-electron chi connectivity index (χ0n) is 13.4. The minimum Gasteiger partial charge on any atom is -0.344 e. The van der Waals surface area contributed by atoms with Crippen molar-refractivity contribution in [2.75, 3.05) is 19.6 Å². The first kappa shape index (κ1) is 16.8. The Morgan fingerprint density at radius 1 is 1.29 bits per heavy atom. The smallest absolute Gasteiger partial charge is 0.151 e. The Labute approximate surface area is 133 Å². The highest BCUT2D eigenvalue weighted by atomic mass is 35.5. The highest BCUT2D eigenvalue weighted by molar-refractivity contribution is 6.30. The molecule has 2 heterocycles. The Hall–Kier alpha value is -0.580. The molecule has 1 aromatic heterocycles. The lowest BCUT2D eigenvalue weighted by Crippen LogP contribution is -2.42. The highest BCUT2D eigenvalue weighted by Crippen LogP contribution is 2.16. The number of aromatic nitrogens is 2. The van der Waals surface area contributed by atoms with Crippen LogP contribution in [-0.2, 0) is 13.0 Å². The molecule has 0 atom stereocenters. The van der Waals surface area contributed by atoms with E-state index in [1.807, 2.05) is 0 Å². The van der Waals surface area contributed by atoms with E-state index in [1.165, 1.54) is 45.3 Å². The number of imidazole rings is 1. The van der Waals surface area contributed by atoms with Crippen molar-refractivity contribution in [2.45, 2.75) is 65.0 Å². The summed E-state index contributed by atoms with van der Waals surface area (Å²) in [5.74, 6) is 1.02. The first-order valence-corrected chi connectivity index (χ1v) is 8.79. The van der Waals surface area contributed by atoms with E-state index in [4.69, 9.17) is 11.6 Å². The van der Waals surface area contributed by atoms with E-state index in [1.54, 1.807) is 0 Å². The van der Waals surface area contributed by atoms with Crippen molar-refractivity contribution in [1.29, 1.82) is 0 Å². The zero-order valence-corrected chi connectivity index (χ0v) is 14.2. The van der Waals surface area contributed by atoms with Crippen LogP contribution in [0.1, 0.15) is 57.5 Å². The van der Waals surface area contributed by atoms with Crippen molar-refractivity contribution in [3.63, 3.8) is 0 Å². The molecule has 0 bridgehead atoms. The Kier molecular flexibility index (Phi) is 7.00.